The summed E-state index contributed by atoms with van der Waals surface area (Å²) >= 11 is 0. The van der Waals surface area contributed by atoms with Crippen LogP contribution in [0.15, 0.2) is 24.3 Å². The third-order valence-corrected chi connectivity index (χ3v) is 4.63. The molecule has 3 unspecified atom stereocenters. The van der Waals surface area contributed by atoms with Crippen LogP contribution >= 0.6 is 0 Å². The summed E-state index contributed by atoms with van der Waals surface area (Å²) < 4.78 is 5.49. The van der Waals surface area contributed by atoms with Gasteiger partial charge in [-0.25, -0.2) is 4.79 Å². The van der Waals surface area contributed by atoms with E-state index in [1.54, 1.807) is 7.11 Å². The number of carboxylic acids is 1. The molecule has 1 aliphatic heterocycles. The first-order valence-corrected chi connectivity index (χ1v) is 7.32. The van der Waals surface area contributed by atoms with E-state index in [1.807, 2.05) is 18.2 Å². The van der Waals surface area contributed by atoms with Crippen LogP contribution in [0.2, 0.25) is 0 Å². The molecule has 4 nitrogen and oxygen atoms in total. The molecule has 1 heterocycles. The highest BCUT2D eigenvalue weighted by Crippen LogP contribution is 2.38. The first-order chi connectivity index (χ1) is 9.70. The average Bonchev–Trinajstić information content (AvgIpc) is 2.87. The molecule has 0 saturated heterocycles. The van der Waals surface area contributed by atoms with Crippen molar-refractivity contribution in [3.05, 3.63) is 29.8 Å². The van der Waals surface area contributed by atoms with E-state index in [2.05, 4.69) is 11.0 Å². The van der Waals surface area contributed by atoms with E-state index in [0.29, 0.717) is 6.42 Å². The molecular formula is C16H21NO3. The van der Waals surface area contributed by atoms with Crippen molar-refractivity contribution in [3.63, 3.8) is 0 Å². The van der Waals surface area contributed by atoms with E-state index >= 15 is 0 Å². The maximum atomic E-state index is 11.6. The van der Waals surface area contributed by atoms with Gasteiger partial charge in [0, 0.05) is 25.3 Å². The van der Waals surface area contributed by atoms with Gasteiger partial charge < -0.3 is 14.7 Å². The maximum Gasteiger partial charge on any atom is 0.326 e. The lowest BCUT2D eigenvalue weighted by atomic mass is 9.91. The first kappa shape index (κ1) is 13.4. The Kier molecular flexibility index (Phi) is 3.66. The van der Waals surface area contributed by atoms with E-state index in [1.165, 1.54) is 0 Å². The summed E-state index contributed by atoms with van der Waals surface area (Å²) in [6, 6.07) is 7.93. The Morgan fingerprint density at radius 2 is 2.15 bits per heavy atom. The number of benzene rings is 1. The van der Waals surface area contributed by atoms with Crippen LogP contribution < -0.4 is 4.90 Å². The van der Waals surface area contributed by atoms with Gasteiger partial charge in [-0.15, -0.1) is 0 Å². The maximum absolute atomic E-state index is 11.6. The van der Waals surface area contributed by atoms with Crippen LogP contribution in [0, 0.1) is 0 Å². The summed E-state index contributed by atoms with van der Waals surface area (Å²) in [7, 11) is 1.75. The Balaban J connectivity index is 1.90. The molecular weight excluding hydrogens is 254 g/mol. The summed E-state index contributed by atoms with van der Waals surface area (Å²) in [6.07, 6.45) is 5.04. The van der Waals surface area contributed by atoms with Crippen LogP contribution in [-0.2, 0) is 16.0 Å². The van der Waals surface area contributed by atoms with Gasteiger partial charge in [0.2, 0.25) is 0 Å². The number of carbonyl (C=O) groups is 1. The fraction of sp³-hybridized carbons (Fsp3) is 0.562. The molecule has 108 valence electrons. The standard InChI is InChI=1S/C16H21NO3/c1-20-13-7-4-6-12(10-13)17-14-8-3-2-5-11(14)9-15(17)16(18)19/h2-3,5,8,12-13,15H,4,6-7,9-10H2,1H3,(H,18,19). The minimum absolute atomic E-state index is 0.260. The second-order valence-electron chi connectivity index (χ2n) is 5.77. The zero-order valence-corrected chi connectivity index (χ0v) is 11.8. The molecule has 0 aromatic heterocycles. The van der Waals surface area contributed by atoms with Crippen LogP contribution in [0.5, 0.6) is 0 Å². The van der Waals surface area contributed by atoms with Crippen LogP contribution in [0.25, 0.3) is 0 Å². The largest absolute Gasteiger partial charge is 0.480 e. The van der Waals surface area contributed by atoms with Crippen molar-refractivity contribution in [1.29, 1.82) is 0 Å². The lowest BCUT2D eigenvalue weighted by molar-refractivity contribution is -0.138. The zero-order valence-electron chi connectivity index (χ0n) is 11.8. The number of ether oxygens (including phenoxy) is 1. The Morgan fingerprint density at radius 3 is 2.90 bits per heavy atom. The summed E-state index contributed by atoms with van der Waals surface area (Å²) in [5.41, 5.74) is 2.25. The number of hydrogen-bond acceptors (Lipinski definition) is 3. The second kappa shape index (κ2) is 5.44. The Morgan fingerprint density at radius 1 is 1.35 bits per heavy atom. The van der Waals surface area contributed by atoms with E-state index in [4.69, 9.17) is 4.74 Å². The summed E-state index contributed by atoms with van der Waals surface area (Å²) in [5, 5.41) is 9.54. The molecule has 2 aliphatic rings. The topological polar surface area (TPSA) is 49.8 Å². The van der Waals surface area contributed by atoms with E-state index in [9.17, 15) is 9.90 Å². The molecule has 1 aromatic carbocycles. The van der Waals surface area contributed by atoms with Crippen molar-refractivity contribution >= 4 is 11.7 Å². The predicted molar refractivity (Wildman–Crippen MR) is 77.1 cm³/mol. The van der Waals surface area contributed by atoms with Gasteiger partial charge in [0.25, 0.3) is 0 Å². The summed E-state index contributed by atoms with van der Waals surface area (Å²) in [4.78, 5) is 13.7. The fourth-order valence-electron chi connectivity index (χ4n) is 3.65. The van der Waals surface area contributed by atoms with Gasteiger partial charge in [0.15, 0.2) is 0 Å². The lowest BCUT2D eigenvalue weighted by Gasteiger charge is -2.38. The van der Waals surface area contributed by atoms with Gasteiger partial charge in [0.05, 0.1) is 6.10 Å². The molecule has 4 heteroatoms. The van der Waals surface area contributed by atoms with Gasteiger partial charge in [-0.1, -0.05) is 18.2 Å². The molecule has 3 atom stereocenters. The van der Waals surface area contributed by atoms with Crippen LogP contribution in [-0.4, -0.2) is 36.4 Å². The van der Waals surface area contributed by atoms with Gasteiger partial charge in [-0.3, -0.25) is 0 Å². The molecule has 0 radical (unpaired) electrons. The Bertz CT molecular complexity index is 502. The molecule has 0 amide bonds. The SMILES string of the molecule is COC1CCCC(N2c3ccccc3CC2C(=O)O)C1. The number of hydrogen-bond donors (Lipinski definition) is 1. The highest BCUT2D eigenvalue weighted by Gasteiger charge is 2.39. The molecule has 3 rings (SSSR count). The lowest BCUT2D eigenvalue weighted by Crippen LogP contribution is -2.48. The minimum Gasteiger partial charge on any atom is -0.480 e. The Hall–Kier alpha value is -1.55. The van der Waals surface area contributed by atoms with Gasteiger partial charge in [0.1, 0.15) is 6.04 Å². The number of para-hydroxylation sites is 1. The molecule has 1 fully saturated rings. The van der Waals surface area contributed by atoms with E-state index < -0.39 is 12.0 Å². The first-order valence-electron chi connectivity index (χ1n) is 7.32. The minimum atomic E-state index is -0.722. The van der Waals surface area contributed by atoms with Crippen molar-refractivity contribution in [2.45, 2.75) is 50.3 Å². The molecule has 1 aromatic rings. The number of fused-ring (bicyclic) bond motifs is 1. The fourth-order valence-corrected chi connectivity index (χ4v) is 3.65. The van der Waals surface area contributed by atoms with Crippen molar-refractivity contribution in [3.8, 4) is 0 Å². The number of rotatable bonds is 3. The van der Waals surface area contributed by atoms with Gasteiger partial charge >= 0.3 is 5.97 Å². The zero-order chi connectivity index (χ0) is 14.1. The highest BCUT2D eigenvalue weighted by molar-refractivity contribution is 5.82. The van der Waals surface area contributed by atoms with Crippen molar-refractivity contribution in [1.82, 2.24) is 0 Å². The number of methoxy groups -OCH3 is 1. The number of nitrogens with zero attached hydrogens (tertiary/aromatic N) is 1. The van der Waals surface area contributed by atoms with Gasteiger partial charge in [-0.2, -0.15) is 0 Å². The highest BCUT2D eigenvalue weighted by atomic mass is 16.5. The summed E-state index contributed by atoms with van der Waals surface area (Å²) in [6.45, 7) is 0. The third kappa shape index (κ3) is 2.29. The number of aliphatic carboxylic acids is 1. The van der Waals surface area contributed by atoms with Gasteiger partial charge in [-0.05, 0) is 37.3 Å². The normalized spacial score (nSPS) is 29.2. The van der Waals surface area contributed by atoms with Crippen LogP contribution in [0.1, 0.15) is 31.2 Å². The average molecular weight is 275 g/mol. The third-order valence-electron chi connectivity index (χ3n) is 4.63. The van der Waals surface area contributed by atoms with Crippen LogP contribution in [0.4, 0.5) is 5.69 Å². The molecule has 20 heavy (non-hydrogen) atoms. The smallest absolute Gasteiger partial charge is 0.326 e. The number of carboxylic acid groups (broad SMARTS) is 1. The molecule has 1 saturated carbocycles. The van der Waals surface area contributed by atoms with Crippen molar-refractivity contribution in [2.75, 3.05) is 12.0 Å². The van der Waals surface area contributed by atoms with Crippen molar-refractivity contribution in [2.24, 2.45) is 0 Å². The van der Waals surface area contributed by atoms with Crippen molar-refractivity contribution < 1.29 is 14.6 Å². The molecule has 1 N–H and O–H groups in total. The van der Waals surface area contributed by atoms with E-state index in [-0.39, 0.29) is 12.1 Å². The molecule has 0 spiro atoms. The molecule has 0 bridgehead atoms. The number of anilines is 1. The monoisotopic (exact) mass is 275 g/mol. The second-order valence-corrected chi connectivity index (χ2v) is 5.77. The quantitative estimate of drug-likeness (QED) is 0.920. The summed E-state index contributed by atoms with van der Waals surface area (Å²) in [5.74, 6) is -0.722. The predicted octanol–water partition coefficient (Wildman–Crippen LogP) is 2.46. The Labute approximate surface area is 119 Å². The van der Waals surface area contributed by atoms with Crippen LogP contribution in [0.3, 0.4) is 0 Å². The van der Waals surface area contributed by atoms with E-state index in [0.717, 1.165) is 36.9 Å². The molecule has 1 aliphatic carbocycles.